The number of allylic oxidation sites excluding steroid dienone is 1. The first-order valence-electron chi connectivity index (χ1n) is 3.58. The van der Waals surface area contributed by atoms with Crippen LogP contribution in [0, 0.1) is 5.92 Å². The van der Waals surface area contributed by atoms with Crippen LogP contribution in [0.2, 0.25) is 0 Å². The summed E-state index contributed by atoms with van der Waals surface area (Å²) in [5.41, 5.74) is 0. The van der Waals surface area contributed by atoms with Crippen molar-refractivity contribution in [2.24, 2.45) is 5.92 Å². The predicted molar refractivity (Wildman–Crippen MR) is 40.8 cm³/mol. The molecule has 0 aromatic rings. The lowest BCUT2D eigenvalue weighted by molar-refractivity contribution is -0.139. The molecule has 58 valence electrons. The fraction of sp³-hybridized carbons (Fsp3) is 0.625. The number of hydrogen-bond acceptors (Lipinski definition) is 1. The lowest BCUT2D eigenvalue weighted by Gasteiger charge is -1.95. The van der Waals surface area contributed by atoms with E-state index >= 15 is 0 Å². The zero-order chi connectivity index (χ0) is 7.98. The van der Waals surface area contributed by atoms with Crippen LogP contribution in [-0.2, 0) is 4.79 Å². The Hall–Kier alpha value is -0.790. The van der Waals surface area contributed by atoms with Crippen LogP contribution in [0.25, 0.3) is 0 Å². The van der Waals surface area contributed by atoms with Crippen molar-refractivity contribution < 1.29 is 9.90 Å². The molecular formula is C8H14O2. The van der Waals surface area contributed by atoms with E-state index in [1.54, 1.807) is 13.0 Å². The van der Waals surface area contributed by atoms with E-state index in [9.17, 15) is 4.79 Å². The largest absolute Gasteiger partial charge is 0.481 e. The highest BCUT2D eigenvalue weighted by Gasteiger charge is 2.03. The van der Waals surface area contributed by atoms with E-state index in [1.165, 1.54) is 0 Å². The molecule has 0 saturated carbocycles. The molecule has 0 aliphatic carbocycles. The van der Waals surface area contributed by atoms with Gasteiger partial charge in [0, 0.05) is 0 Å². The van der Waals surface area contributed by atoms with Crippen LogP contribution in [0.15, 0.2) is 12.2 Å². The summed E-state index contributed by atoms with van der Waals surface area (Å²) in [5, 5.41) is 8.43. The molecule has 10 heavy (non-hydrogen) atoms. The first-order valence-corrected chi connectivity index (χ1v) is 3.58. The van der Waals surface area contributed by atoms with Gasteiger partial charge in [-0.25, -0.2) is 0 Å². The van der Waals surface area contributed by atoms with Gasteiger partial charge in [-0.3, -0.25) is 4.79 Å². The first-order chi connectivity index (χ1) is 4.68. The Labute approximate surface area is 61.6 Å². The SMILES string of the molecule is CCC/C=C\C(C)C(=O)O. The molecule has 0 heterocycles. The van der Waals surface area contributed by atoms with Crippen molar-refractivity contribution in [1.82, 2.24) is 0 Å². The highest BCUT2D eigenvalue weighted by Crippen LogP contribution is 1.98. The Morgan fingerprint density at radius 3 is 2.70 bits per heavy atom. The fourth-order valence-electron chi connectivity index (χ4n) is 0.549. The van der Waals surface area contributed by atoms with Gasteiger partial charge in [-0.05, 0) is 13.3 Å². The second kappa shape index (κ2) is 5.03. The van der Waals surface area contributed by atoms with E-state index < -0.39 is 5.97 Å². The van der Waals surface area contributed by atoms with Gasteiger partial charge in [-0.15, -0.1) is 0 Å². The summed E-state index contributed by atoms with van der Waals surface area (Å²) in [5.74, 6) is -1.10. The zero-order valence-corrected chi connectivity index (χ0v) is 6.50. The maximum Gasteiger partial charge on any atom is 0.310 e. The average molecular weight is 142 g/mol. The smallest absolute Gasteiger partial charge is 0.310 e. The third-order valence-corrected chi connectivity index (χ3v) is 1.27. The monoisotopic (exact) mass is 142 g/mol. The van der Waals surface area contributed by atoms with Gasteiger partial charge >= 0.3 is 5.97 Å². The molecule has 0 bridgehead atoms. The third-order valence-electron chi connectivity index (χ3n) is 1.27. The van der Waals surface area contributed by atoms with Crippen LogP contribution in [0.5, 0.6) is 0 Å². The van der Waals surface area contributed by atoms with E-state index in [-0.39, 0.29) is 5.92 Å². The van der Waals surface area contributed by atoms with Gasteiger partial charge in [0.2, 0.25) is 0 Å². The molecule has 0 aromatic carbocycles. The molecule has 0 fully saturated rings. The van der Waals surface area contributed by atoms with Crippen LogP contribution >= 0.6 is 0 Å². The Bertz CT molecular complexity index is 127. The summed E-state index contributed by atoms with van der Waals surface area (Å²) >= 11 is 0. The third kappa shape index (κ3) is 4.13. The normalized spacial score (nSPS) is 13.8. The van der Waals surface area contributed by atoms with E-state index in [2.05, 4.69) is 6.92 Å². The number of hydrogen-bond donors (Lipinski definition) is 1. The second-order valence-corrected chi connectivity index (χ2v) is 2.34. The Morgan fingerprint density at radius 2 is 2.30 bits per heavy atom. The lowest BCUT2D eigenvalue weighted by atomic mass is 10.1. The van der Waals surface area contributed by atoms with E-state index in [4.69, 9.17) is 5.11 Å². The molecule has 0 amide bonds. The van der Waals surface area contributed by atoms with Gasteiger partial charge in [0.25, 0.3) is 0 Å². The van der Waals surface area contributed by atoms with Crippen molar-refractivity contribution in [3.63, 3.8) is 0 Å². The number of carbonyl (C=O) groups is 1. The molecular weight excluding hydrogens is 128 g/mol. The molecule has 2 heteroatoms. The molecule has 1 N–H and O–H groups in total. The van der Waals surface area contributed by atoms with E-state index in [0.717, 1.165) is 12.8 Å². The molecule has 0 aliphatic heterocycles. The summed E-state index contributed by atoms with van der Waals surface area (Å²) in [6, 6.07) is 0. The molecule has 0 aliphatic rings. The maximum absolute atomic E-state index is 10.2. The summed E-state index contributed by atoms with van der Waals surface area (Å²) in [6.45, 7) is 3.74. The Kier molecular flexibility index (Phi) is 4.63. The van der Waals surface area contributed by atoms with Crippen molar-refractivity contribution in [2.45, 2.75) is 26.7 Å². The summed E-state index contributed by atoms with van der Waals surface area (Å²) in [6.07, 6.45) is 5.69. The van der Waals surface area contributed by atoms with Crippen LogP contribution in [0.1, 0.15) is 26.7 Å². The first kappa shape index (κ1) is 9.21. The van der Waals surface area contributed by atoms with Crippen molar-refractivity contribution >= 4 is 5.97 Å². The number of unbranched alkanes of at least 4 members (excludes halogenated alkanes) is 1. The summed E-state index contributed by atoms with van der Waals surface area (Å²) in [4.78, 5) is 10.2. The second-order valence-electron chi connectivity index (χ2n) is 2.34. The van der Waals surface area contributed by atoms with Crippen molar-refractivity contribution in [3.8, 4) is 0 Å². The van der Waals surface area contributed by atoms with Crippen LogP contribution in [-0.4, -0.2) is 11.1 Å². The maximum atomic E-state index is 10.2. The van der Waals surface area contributed by atoms with E-state index in [1.807, 2.05) is 6.08 Å². The van der Waals surface area contributed by atoms with Gasteiger partial charge in [-0.2, -0.15) is 0 Å². The standard InChI is InChI=1S/C8H14O2/c1-3-4-5-6-7(2)8(9)10/h5-7H,3-4H2,1-2H3,(H,9,10)/b6-5-. The van der Waals surface area contributed by atoms with Crippen LogP contribution in [0.4, 0.5) is 0 Å². The minimum Gasteiger partial charge on any atom is -0.481 e. The fourth-order valence-corrected chi connectivity index (χ4v) is 0.549. The van der Waals surface area contributed by atoms with Crippen LogP contribution in [0.3, 0.4) is 0 Å². The van der Waals surface area contributed by atoms with Gasteiger partial charge in [0.05, 0.1) is 5.92 Å². The molecule has 2 nitrogen and oxygen atoms in total. The molecule has 1 atom stereocenters. The molecule has 1 unspecified atom stereocenters. The van der Waals surface area contributed by atoms with E-state index in [0.29, 0.717) is 0 Å². The average Bonchev–Trinajstić information content (AvgIpc) is 1.88. The van der Waals surface area contributed by atoms with Crippen molar-refractivity contribution in [1.29, 1.82) is 0 Å². The predicted octanol–water partition coefficient (Wildman–Crippen LogP) is 2.06. The molecule has 0 saturated heterocycles. The molecule has 0 rings (SSSR count). The summed E-state index contributed by atoms with van der Waals surface area (Å²) in [7, 11) is 0. The van der Waals surface area contributed by atoms with Gasteiger partial charge < -0.3 is 5.11 Å². The summed E-state index contributed by atoms with van der Waals surface area (Å²) < 4.78 is 0. The number of carboxylic acids is 1. The van der Waals surface area contributed by atoms with Gasteiger partial charge in [0.15, 0.2) is 0 Å². The molecule has 0 aromatic heterocycles. The highest BCUT2D eigenvalue weighted by molar-refractivity contribution is 5.71. The number of carboxylic acid groups (broad SMARTS) is 1. The molecule has 0 radical (unpaired) electrons. The van der Waals surface area contributed by atoms with Crippen LogP contribution < -0.4 is 0 Å². The Balaban J connectivity index is 3.55. The van der Waals surface area contributed by atoms with Crippen molar-refractivity contribution in [2.75, 3.05) is 0 Å². The zero-order valence-electron chi connectivity index (χ0n) is 6.50. The lowest BCUT2D eigenvalue weighted by Crippen LogP contribution is -2.05. The molecule has 0 spiro atoms. The number of aliphatic carboxylic acids is 1. The van der Waals surface area contributed by atoms with Crippen molar-refractivity contribution in [3.05, 3.63) is 12.2 Å². The van der Waals surface area contributed by atoms with Gasteiger partial charge in [-0.1, -0.05) is 25.5 Å². The quantitative estimate of drug-likeness (QED) is 0.610. The Morgan fingerprint density at radius 1 is 1.70 bits per heavy atom. The minimum atomic E-state index is -0.757. The topological polar surface area (TPSA) is 37.3 Å². The number of rotatable bonds is 4. The highest BCUT2D eigenvalue weighted by atomic mass is 16.4. The van der Waals surface area contributed by atoms with Gasteiger partial charge in [0.1, 0.15) is 0 Å². The minimum absolute atomic E-state index is 0.341.